The molecule has 1 heterocycles. The second-order valence-electron chi connectivity index (χ2n) is 5.73. The minimum absolute atomic E-state index is 0.145. The molecule has 0 unspecified atom stereocenters. The van der Waals surface area contributed by atoms with Crippen LogP contribution < -0.4 is 9.54 Å². The molecule has 0 aliphatic heterocycles. The second kappa shape index (κ2) is 8.28. The zero-order valence-corrected chi connectivity index (χ0v) is 15.1. The van der Waals surface area contributed by atoms with E-state index in [2.05, 4.69) is 36.2 Å². The number of aromatic nitrogens is 1. The highest BCUT2D eigenvalue weighted by atomic mass is 32.1. The van der Waals surface area contributed by atoms with Crippen molar-refractivity contribution in [3.05, 3.63) is 81.6 Å². The van der Waals surface area contributed by atoms with Gasteiger partial charge in [-0.25, -0.2) is 0 Å². The van der Waals surface area contributed by atoms with Crippen LogP contribution in [0, 0.1) is 18.3 Å². The molecule has 0 saturated carbocycles. The molecule has 0 fully saturated rings. The van der Waals surface area contributed by atoms with Crippen LogP contribution in [0.1, 0.15) is 16.7 Å². The van der Waals surface area contributed by atoms with Gasteiger partial charge >= 0.3 is 0 Å². The van der Waals surface area contributed by atoms with Gasteiger partial charge in [-0.15, -0.1) is 11.3 Å². The quantitative estimate of drug-likeness (QED) is 0.699. The van der Waals surface area contributed by atoms with Crippen molar-refractivity contribution in [2.75, 3.05) is 6.61 Å². The number of carbonyl (C=O) groups excluding carboxylic acids is 1. The van der Waals surface area contributed by atoms with Crippen LogP contribution >= 0.6 is 11.3 Å². The van der Waals surface area contributed by atoms with Gasteiger partial charge < -0.3 is 9.30 Å². The number of hydrogen-bond acceptors (Lipinski definition) is 4. The van der Waals surface area contributed by atoms with Gasteiger partial charge in [0.15, 0.2) is 11.4 Å². The Morgan fingerprint density at radius 1 is 1.19 bits per heavy atom. The predicted molar refractivity (Wildman–Crippen MR) is 99.8 cm³/mol. The Kier molecular flexibility index (Phi) is 5.62. The van der Waals surface area contributed by atoms with E-state index in [0.717, 1.165) is 5.56 Å². The molecule has 5 nitrogen and oxygen atoms in total. The van der Waals surface area contributed by atoms with Crippen molar-refractivity contribution in [3.8, 4) is 11.8 Å². The van der Waals surface area contributed by atoms with Crippen molar-refractivity contribution >= 4 is 17.2 Å². The van der Waals surface area contributed by atoms with E-state index >= 15 is 0 Å². The summed E-state index contributed by atoms with van der Waals surface area (Å²) in [5.41, 5.74) is 2.91. The van der Waals surface area contributed by atoms with Gasteiger partial charge in [-0.05, 0) is 36.8 Å². The van der Waals surface area contributed by atoms with Crippen molar-refractivity contribution in [1.82, 2.24) is 4.57 Å². The molecule has 2 aromatic carbocycles. The third kappa shape index (κ3) is 4.68. The van der Waals surface area contributed by atoms with Crippen molar-refractivity contribution in [2.45, 2.75) is 13.5 Å². The summed E-state index contributed by atoms with van der Waals surface area (Å²) in [4.78, 5) is 16.9. The van der Waals surface area contributed by atoms with Gasteiger partial charge in [0.25, 0.3) is 5.91 Å². The highest BCUT2D eigenvalue weighted by molar-refractivity contribution is 7.07. The fraction of sp³-hybridized carbons (Fsp3) is 0.150. The molecule has 130 valence electrons. The van der Waals surface area contributed by atoms with Crippen LogP contribution in [0.5, 0.6) is 5.75 Å². The standard InChI is InChI=1S/C20H17N3O2S/c1-15-2-4-17(5-3-15)13-23-10-11-26-20(23)22-19(24)14-25-18-8-6-16(12-21)7-9-18/h2-11H,13-14H2,1H3. The lowest BCUT2D eigenvalue weighted by Gasteiger charge is -2.04. The number of nitriles is 1. The van der Waals surface area contributed by atoms with Crippen molar-refractivity contribution in [2.24, 2.45) is 4.99 Å². The molecule has 0 spiro atoms. The first-order valence-corrected chi connectivity index (χ1v) is 8.92. The molecule has 0 saturated heterocycles. The highest BCUT2D eigenvalue weighted by Gasteiger charge is 2.04. The van der Waals surface area contributed by atoms with Crippen LogP contribution in [-0.4, -0.2) is 17.1 Å². The van der Waals surface area contributed by atoms with E-state index in [1.165, 1.54) is 16.9 Å². The third-order valence-corrected chi connectivity index (χ3v) is 4.49. The third-order valence-electron chi connectivity index (χ3n) is 3.70. The summed E-state index contributed by atoms with van der Waals surface area (Å²) in [7, 11) is 0. The maximum Gasteiger partial charge on any atom is 0.286 e. The second-order valence-corrected chi connectivity index (χ2v) is 6.60. The number of aryl methyl sites for hydroxylation is 1. The summed E-state index contributed by atoms with van der Waals surface area (Å²) in [5, 5.41) is 10.7. The molecule has 0 atom stereocenters. The highest BCUT2D eigenvalue weighted by Crippen LogP contribution is 2.11. The summed E-state index contributed by atoms with van der Waals surface area (Å²) >= 11 is 1.41. The van der Waals surface area contributed by atoms with Crippen LogP contribution in [0.4, 0.5) is 0 Å². The monoisotopic (exact) mass is 363 g/mol. The molecule has 0 aliphatic rings. The largest absolute Gasteiger partial charge is 0.484 e. The Morgan fingerprint density at radius 2 is 1.92 bits per heavy atom. The van der Waals surface area contributed by atoms with E-state index < -0.39 is 0 Å². The smallest absolute Gasteiger partial charge is 0.286 e. The Balaban J connectivity index is 1.65. The van der Waals surface area contributed by atoms with Crippen LogP contribution in [0.3, 0.4) is 0 Å². The number of benzene rings is 2. The minimum Gasteiger partial charge on any atom is -0.484 e. The molecule has 6 heteroatoms. The lowest BCUT2D eigenvalue weighted by Crippen LogP contribution is -2.19. The van der Waals surface area contributed by atoms with E-state index in [4.69, 9.17) is 10.00 Å². The summed E-state index contributed by atoms with van der Waals surface area (Å²) in [6.07, 6.45) is 1.91. The first-order chi connectivity index (χ1) is 12.6. The lowest BCUT2D eigenvalue weighted by molar-refractivity contribution is -0.120. The van der Waals surface area contributed by atoms with Crippen molar-refractivity contribution in [3.63, 3.8) is 0 Å². The zero-order chi connectivity index (χ0) is 18.4. The summed E-state index contributed by atoms with van der Waals surface area (Å²) < 4.78 is 7.37. The number of hydrogen-bond donors (Lipinski definition) is 0. The number of thiazole rings is 1. The van der Waals surface area contributed by atoms with Gasteiger partial charge in [-0.1, -0.05) is 29.8 Å². The molecular formula is C20H17N3O2S. The number of carbonyl (C=O) groups is 1. The molecule has 1 amide bonds. The van der Waals surface area contributed by atoms with E-state index in [1.807, 2.05) is 22.2 Å². The predicted octanol–water partition coefficient (Wildman–Crippen LogP) is 3.28. The molecule has 0 N–H and O–H groups in total. The normalized spacial score (nSPS) is 11.2. The van der Waals surface area contributed by atoms with Crippen LogP contribution in [-0.2, 0) is 11.3 Å². The Bertz CT molecular complexity index is 993. The summed E-state index contributed by atoms with van der Waals surface area (Å²) in [5.74, 6) is 0.181. The van der Waals surface area contributed by atoms with Gasteiger partial charge in [-0.2, -0.15) is 10.3 Å². The molecule has 3 aromatic rings. The average molecular weight is 363 g/mol. The van der Waals surface area contributed by atoms with Gasteiger partial charge in [0, 0.05) is 18.1 Å². The molecule has 26 heavy (non-hydrogen) atoms. The van der Waals surface area contributed by atoms with Gasteiger partial charge in [0.05, 0.1) is 11.6 Å². The van der Waals surface area contributed by atoms with Crippen molar-refractivity contribution < 1.29 is 9.53 Å². The van der Waals surface area contributed by atoms with E-state index in [9.17, 15) is 4.79 Å². The lowest BCUT2D eigenvalue weighted by atomic mass is 10.1. The topological polar surface area (TPSA) is 67.4 Å². The Labute approximate surface area is 155 Å². The number of amides is 1. The maximum atomic E-state index is 12.1. The number of nitrogens with zero attached hydrogens (tertiary/aromatic N) is 3. The first kappa shape index (κ1) is 17.6. The molecule has 0 radical (unpaired) electrons. The van der Waals surface area contributed by atoms with Gasteiger partial charge in [-0.3, -0.25) is 4.79 Å². The summed E-state index contributed by atoms with van der Waals surface area (Å²) in [6, 6.07) is 16.9. The maximum absolute atomic E-state index is 12.1. The molecular weight excluding hydrogens is 346 g/mol. The zero-order valence-electron chi connectivity index (χ0n) is 14.3. The van der Waals surface area contributed by atoms with Crippen LogP contribution in [0.2, 0.25) is 0 Å². The Hall–Kier alpha value is -3.17. The van der Waals surface area contributed by atoms with E-state index in [1.54, 1.807) is 24.3 Å². The summed E-state index contributed by atoms with van der Waals surface area (Å²) in [6.45, 7) is 2.56. The fourth-order valence-electron chi connectivity index (χ4n) is 2.31. The molecule has 0 aliphatic carbocycles. The van der Waals surface area contributed by atoms with Gasteiger partial charge in [0.1, 0.15) is 5.75 Å². The molecule has 1 aromatic heterocycles. The number of rotatable bonds is 5. The molecule has 0 bridgehead atoms. The first-order valence-electron chi connectivity index (χ1n) is 8.04. The Morgan fingerprint density at radius 3 is 2.62 bits per heavy atom. The van der Waals surface area contributed by atoms with Gasteiger partial charge in [0.2, 0.25) is 0 Å². The van der Waals surface area contributed by atoms with Crippen molar-refractivity contribution in [1.29, 1.82) is 5.26 Å². The van der Waals surface area contributed by atoms with E-state index in [0.29, 0.717) is 22.7 Å². The SMILES string of the molecule is Cc1ccc(Cn2ccsc2=NC(=O)COc2ccc(C#N)cc2)cc1. The van der Waals surface area contributed by atoms with Crippen LogP contribution in [0.15, 0.2) is 65.1 Å². The fourth-order valence-corrected chi connectivity index (χ4v) is 3.05. The number of ether oxygens (including phenoxy) is 1. The molecule has 3 rings (SSSR count). The van der Waals surface area contributed by atoms with Crippen LogP contribution in [0.25, 0.3) is 0 Å². The minimum atomic E-state index is -0.352. The van der Waals surface area contributed by atoms with E-state index in [-0.39, 0.29) is 12.5 Å². The average Bonchev–Trinajstić information content (AvgIpc) is 3.09.